The molecule has 0 saturated heterocycles. The van der Waals surface area contributed by atoms with E-state index < -0.39 is 8.32 Å². The summed E-state index contributed by atoms with van der Waals surface area (Å²) >= 11 is 3.45. The van der Waals surface area contributed by atoms with Gasteiger partial charge in [0.15, 0.2) is 0 Å². The number of halogens is 1. The van der Waals surface area contributed by atoms with Crippen molar-refractivity contribution >= 4 is 30.2 Å². The number of ether oxygens (including phenoxy) is 1. The van der Waals surface area contributed by atoms with Crippen LogP contribution in [0, 0.1) is 0 Å². The summed E-state index contributed by atoms with van der Waals surface area (Å²) < 4.78 is 11.1. The van der Waals surface area contributed by atoms with Gasteiger partial charge < -0.3 is 9.16 Å². The Morgan fingerprint density at radius 3 is 2.35 bits per heavy atom. The van der Waals surface area contributed by atoms with Crippen LogP contribution < -0.4 is 4.43 Å². The van der Waals surface area contributed by atoms with E-state index in [0.29, 0.717) is 10.9 Å². The van der Waals surface area contributed by atoms with E-state index >= 15 is 0 Å². The van der Waals surface area contributed by atoms with E-state index in [0.717, 1.165) is 11.3 Å². The van der Waals surface area contributed by atoms with Crippen molar-refractivity contribution in [3.05, 3.63) is 29.3 Å². The number of esters is 1. The van der Waals surface area contributed by atoms with Gasteiger partial charge in [0.1, 0.15) is 5.75 Å². The Bertz CT molecular complexity index is 492. The van der Waals surface area contributed by atoms with Gasteiger partial charge in [0.2, 0.25) is 8.32 Å². The van der Waals surface area contributed by atoms with Gasteiger partial charge in [-0.1, -0.05) is 36.7 Å². The molecular formula is C15H23BrO3Si. The Balaban J connectivity index is 3.11. The molecule has 0 fully saturated rings. The van der Waals surface area contributed by atoms with E-state index in [1.54, 1.807) is 6.07 Å². The van der Waals surface area contributed by atoms with Crippen LogP contribution in [-0.4, -0.2) is 21.4 Å². The van der Waals surface area contributed by atoms with Crippen molar-refractivity contribution in [3.63, 3.8) is 0 Å². The SMILES string of the molecule is COC(=O)c1ccc(O[Si](C)(C)C(C)(C)C)c(CBr)c1. The van der Waals surface area contributed by atoms with Crippen LogP contribution in [0.15, 0.2) is 18.2 Å². The Morgan fingerprint density at radius 1 is 1.30 bits per heavy atom. The number of carbonyl (C=O) groups is 1. The molecule has 0 aromatic heterocycles. The van der Waals surface area contributed by atoms with Crippen LogP contribution in [0.3, 0.4) is 0 Å². The fourth-order valence-electron chi connectivity index (χ4n) is 1.46. The predicted octanol–water partition coefficient (Wildman–Crippen LogP) is 4.75. The maximum atomic E-state index is 11.6. The zero-order chi connectivity index (χ0) is 15.6. The Morgan fingerprint density at radius 2 is 1.90 bits per heavy atom. The highest BCUT2D eigenvalue weighted by molar-refractivity contribution is 9.08. The van der Waals surface area contributed by atoms with Crippen LogP contribution in [0.5, 0.6) is 5.75 Å². The van der Waals surface area contributed by atoms with E-state index in [1.165, 1.54) is 7.11 Å². The fourth-order valence-corrected chi connectivity index (χ4v) is 2.95. The smallest absolute Gasteiger partial charge is 0.337 e. The summed E-state index contributed by atoms with van der Waals surface area (Å²) in [6.45, 7) is 11.0. The van der Waals surface area contributed by atoms with Gasteiger partial charge in [0.05, 0.1) is 12.7 Å². The molecule has 112 valence electrons. The number of methoxy groups -OCH3 is 1. The number of benzene rings is 1. The zero-order valence-corrected chi connectivity index (χ0v) is 15.6. The van der Waals surface area contributed by atoms with Crippen molar-refractivity contribution in [2.75, 3.05) is 7.11 Å². The second-order valence-corrected chi connectivity index (χ2v) is 11.6. The summed E-state index contributed by atoms with van der Waals surface area (Å²) in [5.41, 5.74) is 1.52. The highest BCUT2D eigenvalue weighted by Crippen LogP contribution is 2.38. The number of hydrogen-bond acceptors (Lipinski definition) is 3. The molecule has 0 aliphatic carbocycles. The number of rotatable bonds is 4. The Kier molecular flexibility index (Phi) is 5.44. The van der Waals surface area contributed by atoms with E-state index in [2.05, 4.69) is 49.8 Å². The highest BCUT2D eigenvalue weighted by atomic mass is 79.9. The summed E-state index contributed by atoms with van der Waals surface area (Å²) in [7, 11) is -0.498. The van der Waals surface area contributed by atoms with Gasteiger partial charge in [-0.05, 0) is 36.3 Å². The lowest BCUT2D eigenvalue weighted by Gasteiger charge is -2.37. The quantitative estimate of drug-likeness (QED) is 0.442. The van der Waals surface area contributed by atoms with E-state index in [9.17, 15) is 4.79 Å². The number of carbonyl (C=O) groups excluding carboxylic acids is 1. The first-order valence-corrected chi connectivity index (χ1v) is 10.6. The largest absolute Gasteiger partial charge is 0.543 e. The fraction of sp³-hybridized carbons (Fsp3) is 0.533. The maximum Gasteiger partial charge on any atom is 0.337 e. The lowest BCUT2D eigenvalue weighted by Crippen LogP contribution is -2.44. The molecule has 1 aromatic rings. The monoisotopic (exact) mass is 358 g/mol. The van der Waals surface area contributed by atoms with Crippen molar-refractivity contribution in [2.45, 2.75) is 44.2 Å². The van der Waals surface area contributed by atoms with Crippen molar-refractivity contribution in [3.8, 4) is 5.75 Å². The van der Waals surface area contributed by atoms with E-state index in [1.807, 2.05) is 12.1 Å². The second kappa shape index (κ2) is 6.31. The summed E-state index contributed by atoms with van der Waals surface area (Å²) in [5.74, 6) is 0.521. The maximum absolute atomic E-state index is 11.6. The Hall–Kier alpha value is -0.813. The van der Waals surface area contributed by atoms with Gasteiger partial charge in [0.25, 0.3) is 0 Å². The van der Waals surface area contributed by atoms with Crippen LogP contribution >= 0.6 is 15.9 Å². The van der Waals surface area contributed by atoms with E-state index in [4.69, 9.17) is 9.16 Å². The van der Waals surface area contributed by atoms with Gasteiger partial charge in [-0.25, -0.2) is 4.79 Å². The van der Waals surface area contributed by atoms with Gasteiger partial charge in [-0.3, -0.25) is 0 Å². The molecule has 0 unspecified atom stereocenters. The molecule has 5 heteroatoms. The third kappa shape index (κ3) is 3.85. The molecule has 3 nitrogen and oxygen atoms in total. The molecule has 0 aliphatic rings. The molecule has 0 bridgehead atoms. The minimum atomic E-state index is -1.88. The molecular weight excluding hydrogens is 336 g/mol. The first-order chi connectivity index (χ1) is 9.12. The normalized spacial score (nSPS) is 12.2. The molecule has 20 heavy (non-hydrogen) atoms. The third-order valence-corrected chi connectivity index (χ3v) is 8.74. The van der Waals surface area contributed by atoms with E-state index in [-0.39, 0.29) is 11.0 Å². The molecule has 0 amide bonds. The van der Waals surface area contributed by atoms with Crippen molar-refractivity contribution < 1.29 is 14.0 Å². The van der Waals surface area contributed by atoms with Gasteiger partial charge >= 0.3 is 5.97 Å². The molecule has 1 rings (SSSR count). The standard InChI is InChI=1S/C15H23BrO3Si/c1-15(2,3)20(5,6)19-13-8-7-11(14(17)18-4)9-12(13)10-16/h7-9H,10H2,1-6H3. The van der Waals surface area contributed by atoms with Crippen LogP contribution in [0.4, 0.5) is 0 Å². The molecule has 0 radical (unpaired) electrons. The van der Waals surface area contributed by atoms with Crippen molar-refractivity contribution in [2.24, 2.45) is 0 Å². The molecule has 1 aromatic carbocycles. The van der Waals surface area contributed by atoms with Crippen LogP contribution in [0.25, 0.3) is 0 Å². The summed E-state index contributed by atoms with van der Waals surface area (Å²) in [4.78, 5) is 11.6. The first-order valence-electron chi connectivity index (χ1n) is 6.58. The second-order valence-electron chi connectivity index (χ2n) is 6.31. The zero-order valence-electron chi connectivity index (χ0n) is 13.0. The van der Waals surface area contributed by atoms with Crippen LogP contribution in [-0.2, 0) is 10.1 Å². The summed E-state index contributed by atoms with van der Waals surface area (Å²) in [6, 6.07) is 5.44. The predicted molar refractivity (Wildman–Crippen MR) is 88.2 cm³/mol. The molecule has 0 aliphatic heterocycles. The minimum absolute atomic E-state index is 0.137. The average Bonchev–Trinajstić information content (AvgIpc) is 2.36. The summed E-state index contributed by atoms with van der Waals surface area (Å²) in [5, 5.41) is 0.777. The molecule has 0 spiro atoms. The minimum Gasteiger partial charge on any atom is -0.543 e. The van der Waals surface area contributed by atoms with Gasteiger partial charge in [0, 0.05) is 10.9 Å². The Labute approximate surface area is 130 Å². The topological polar surface area (TPSA) is 35.5 Å². The van der Waals surface area contributed by atoms with Crippen LogP contribution in [0.1, 0.15) is 36.7 Å². The lowest BCUT2D eigenvalue weighted by molar-refractivity contribution is 0.0600. The molecule has 0 heterocycles. The van der Waals surface area contributed by atoms with Crippen molar-refractivity contribution in [1.29, 1.82) is 0 Å². The van der Waals surface area contributed by atoms with Gasteiger partial charge in [-0.2, -0.15) is 0 Å². The lowest BCUT2D eigenvalue weighted by atomic mass is 10.1. The van der Waals surface area contributed by atoms with Gasteiger partial charge in [-0.15, -0.1) is 0 Å². The number of hydrogen-bond donors (Lipinski definition) is 0. The highest BCUT2D eigenvalue weighted by Gasteiger charge is 2.39. The molecule has 0 atom stereocenters. The average molecular weight is 359 g/mol. The van der Waals surface area contributed by atoms with Crippen molar-refractivity contribution in [1.82, 2.24) is 0 Å². The molecule has 0 N–H and O–H groups in total. The first kappa shape index (κ1) is 17.2. The molecule has 0 saturated carbocycles. The summed E-state index contributed by atoms with van der Waals surface area (Å²) in [6.07, 6.45) is 0. The third-order valence-electron chi connectivity index (χ3n) is 3.80. The number of alkyl halides is 1. The van der Waals surface area contributed by atoms with Crippen LogP contribution in [0.2, 0.25) is 18.1 Å².